The molecule has 37 heavy (non-hydrogen) atoms. The van der Waals surface area contributed by atoms with Gasteiger partial charge in [-0.05, 0) is 70.1 Å². The normalized spacial score (nSPS) is 16.9. The Morgan fingerprint density at radius 3 is 2.30 bits per heavy atom. The number of amides is 3. The van der Waals surface area contributed by atoms with Gasteiger partial charge in [-0.3, -0.25) is 20.0 Å². The summed E-state index contributed by atoms with van der Waals surface area (Å²) in [6.07, 6.45) is 1.74. The van der Waals surface area contributed by atoms with E-state index in [0.717, 1.165) is 11.3 Å². The molecule has 2 rings (SSSR count). The monoisotopic (exact) mass is 521 g/mol. The number of hydrogen-bond acceptors (Lipinski definition) is 7. The number of rotatable bonds is 10. The van der Waals surface area contributed by atoms with Crippen LogP contribution in [0.3, 0.4) is 0 Å². The molecule has 1 fully saturated rings. The van der Waals surface area contributed by atoms with Crippen molar-refractivity contribution >= 4 is 17.9 Å². The van der Waals surface area contributed by atoms with Gasteiger partial charge in [-0.15, -0.1) is 0 Å². The first-order valence-electron chi connectivity index (χ1n) is 12.9. The zero-order valence-corrected chi connectivity index (χ0v) is 23.0. The summed E-state index contributed by atoms with van der Waals surface area (Å²) in [6.45, 7) is 10.6. The number of piperazine rings is 1. The largest absolute Gasteiger partial charge is 0.497 e. The van der Waals surface area contributed by atoms with Gasteiger partial charge in [0.15, 0.2) is 0 Å². The van der Waals surface area contributed by atoms with Crippen LogP contribution in [0.2, 0.25) is 0 Å². The first-order valence-corrected chi connectivity index (χ1v) is 12.9. The van der Waals surface area contributed by atoms with E-state index in [0.29, 0.717) is 51.2 Å². The summed E-state index contributed by atoms with van der Waals surface area (Å²) in [5.41, 5.74) is 0.453. The van der Waals surface area contributed by atoms with Crippen molar-refractivity contribution in [2.75, 3.05) is 26.7 Å². The van der Waals surface area contributed by atoms with Crippen molar-refractivity contribution in [2.24, 2.45) is 11.8 Å². The molecule has 0 spiro atoms. The van der Waals surface area contributed by atoms with Crippen molar-refractivity contribution in [2.45, 2.75) is 78.4 Å². The smallest absolute Gasteiger partial charge is 0.410 e. The van der Waals surface area contributed by atoms with Crippen LogP contribution in [0.4, 0.5) is 4.79 Å². The molecule has 0 radical (unpaired) electrons. The molecule has 0 bridgehead atoms. The minimum Gasteiger partial charge on any atom is -0.497 e. The molecule has 1 unspecified atom stereocenters. The van der Waals surface area contributed by atoms with Gasteiger partial charge in [0, 0.05) is 32.0 Å². The first-order chi connectivity index (χ1) is 17.3. The number of methoxy groups -OCH3 is 1. The Morgan fingerprint density at radius 1 is 1.11 bits per heavy atom. The minimum atomic E-state index is -0.936. The van der Waals surface area contributed by atoms with E-state index in [1.54, 1.807) is 16.9 Å². The van der Waals surface area contributed by atoms with Gasteiger partial charge in [0.2, 0.25) is 5.91 Å². The van der Waals surface area contributed by atoms with Crippen LogP contribution in [-0.4, -0.2) is 81.7 Å². The summed E-state index contributed by atoms with van der Waals surface area (Å²) in [5.74, 6) is -0.809. The molecule has 1 heterocycles. The Balaban J connectivity index is 2.11. The average Bonchev–Trinajstić information content (AvgIpc) is 2.81. The van der Waals surface area contributed by atoms with Crippen molar-refractivity contribution in [3.05, 3.63) is 29.8 Å². The standard InChI is InChI=1S/C27H43N3O7/c1-19(2)16-22-18-28(14-15-29(22)26(33)37-27(3,4)5)25(32)21(17-24(31)30(34)35)9-7-8-20-10-12-23(36-6)13-11-20/h10-13,19,21-22,34-35H,7-9,14-18H2,1-6H3/t21?,22-/m1/s1. The molecule has 1 aromatic carbocycles. The lowest BCUT2D eigenvalue weighted by molar-refractivity contribution is -0.285. The van der Waals surface area contributed by atoms with Crippen LogP contribution in [0.1, 0.15) is 65.9 Å². The molecule has 10 heteroatoms. The maximum absolute atomic E-state index is 13.6. The SMILES string of the molecule is COc1ccc(CCCC(CC(=O)N(O)O)C(=O)N2CCN(C(=O)OC(C)(C)C)[C@H](CC(C)C)C2)cc1. The van der Waals surface area contributed by atoms with Crippen molar-refractivity contribution in [1.29, 1.82) is 0 Å². The second-order valence-corrected chi connectivity index (χ2v) is 11.1. The maximum Gasteiger partial charge on any atom is 0.410 e. The molecular weight excluding hydrogens is 478 g/mol. The molecule has 0 saturated carbocycles. The molecule has 0 aliphatic carbocycles. The van der Waals surface area contributed by atoms with Crippen LogP contribution in [0.25, 0.3) is 0 Å². The van der Waals surface area contributed by atoms with E-state index >= 15 is 0 Å². The number of carbonyl (C=O) groups excluding carboxylic acids is 3. The lowest BCUT2D eigenvalue weighted by atomic mass is 9.93. The molecule has 1 aliphatic rings. The summed E-state index contributed by atoms with van der Waals surface area (Å²) in [4.78, 5) is 41.9. The van der Waals surface area contributed by atoms with Crippen LogP contribution in [0.5, 0.6) is 5.75 Å². The fourth-order valence-corrected chi connectivity index (χ4v) is 4.57. The molecule has 10 nitrogen and oxygen atoms in total. The molecule has 2 atom stereocenters. The summed E-state index contributed by atoms with van der Waals surface area (Å²) in [5, 5.41) is 17.9. The van der Waals surface area contributed by atoms with Gasteiger partial charge in [-0.2, -0.15) is 0 Å². The molecule has 2 N–H and O–H groups in total. The first kappa shape index (κ1) is 30.4. The lowest BCUT2D eigenvalue weighted by Gasteiger charge is -2.43. The highest BCUT2D eigenvalue weighted by atomic mass is 16.8. The molecule has 1 aliphatic heterocycles. The second-order valence-electron chi connectivity index (χ2n) is 11.1. The van der Waals surface area contributed by atoms with Crippen molar-refractivity contribution in [3.8, 4) is 5.75 Å². The summed E-state index contributed by atoms with van der Waals surface area (Å²) in [6, 6.07) is 7.44. The van der Waals surface area contributed by atoms with Crippen LogP contribution in [0.15, 0.2) is 24.3 Å². The van der Waals surface area contributed by atoms with Gasteiger partial charge in [0.25, 0.3) is 5.91 Å². The predicted molar refractivity (Wildman–Crippen MR) is 137 cm³/mol. The number of aryl methyl sites for hydroxylation is 1. The van der Waals surface area contributed by atoms with Crippen LogP contribution in [-0.2, 0) is 20.7 Å². The number of benzene rings is 1. The number of hydroxylamine groups is 2. The van der Waals surface area contributed by atoms with Crippen molar-refractivity contribution in [3.63, 3.8) is 0 Å². The van der Waals surface area contributed by atoms with Gasteiger partial charge in [0.05, 0.1) is 13.2 Å². The van der Waals surface area contributed by atoms with Crippen LogP contribution >= 0.6 is 0 Å². The molecule has 208 valence electrons. The molecule has 1 aromatic rings. The van der Waals surface area contributed by atoms with E-state index in [9.17, 15) is 24.8 Å². The minimum absolute atomic E-state index is 0.213. The Hall–Kier alpha value is -2.85. The number of carbonyl (C=O) groups is 3. The van der Waals surface area contributed by atoms with Gasteiger partial charge in [-0.1, -0.05) is 31.2 Å². The second kappa shape index (κ2) is 13.6. The van der Waals surface area contributed by atoms with E-state index in [-0.39, 0.29) is 18.4 Å². The summed E-state index contributed by atoms with van der Waals surface area (Å²) in [7, 11) is 1.60. The lowest BCUT2D eigenvalue weighted by Crippen LogP contribution is -2.58. The van der Waals surface area contributed by atoms with Gasteiger partial charge in [0.1, 0.15) is 11.4 Å². The number of nitrogens with zero attached hydrogens (tertiary/aromatic N) is 3. The van der Waals surface area contributed by atoms with E-state index in [4.69, 9.17) is 9.47 Å². The Kier molecular flexibility index (Phi) is 11.2. The quantitative estimate of drug-likeness (QED) is 0.351. The van der Waals surface area contributed by atoms with Crippen LogP contribution in [0, 0.1) is 11.8 Å². The zero-order valence-electron chi connectivity index (χ0n) is 23.0. The fourth-order valence-electron chi connectivity index (χ4n) is 4.57. The van der Waals surface area contributed by atoms with E-state index in [1.165, 1.54) is 0 Å². The molecule has 1 saturated heterocycles. The Labute approximate surface area is 220 Å². The zero-order chi connectivity index (χ0) is 27.8. The average molecular weight is 522 g/mol. The van der Waals surface area contributed by atoms with Crippen LogP contribution < -0.4 is 4.74 Å². The third-order valence-electron chi connectivity index (χ3n) is 6.34. The van der Waals surface area contributed by atoms with E-state index < -0.39 is 28.7 Å². The van der Waals surface area contributed by atoms with Gasteiger partial charge < -0.3 is 19.3 Å². The fraction of sp³-hybridized carbons (Fsp3) is 0.667. The van der Waals surface area contributed by atoms with Crippen molar-refractivity contribution < 1.29 is 34.3 Å². The highest BCUT2D eigenvalue weighted by molar-refractivity contribution is 5.85. The maximum atomic E-state index is 13.6. The predicted octanol–water partition coefficient (Wildman–Crippen LogP) is 4.13. The third kappa shape index (κ3) is 9.85. The van der Waals surface area contributed by atoms with Gasteiger partial charge >= 0.3 is 6.09 Å². The highest BCUT2D eigenvalue weighted by Crippen LogP contribution is 2.25. The van der Waals surface area contributed by atoms with Gasteiger partial charge in [-0.25, -0.2) is 4.79 Å². The van der Waals surface area contributed by atoms with E-state index in [2.05, 4.69) is 13.8 Å². The number of hydrogen-bond donors (Lipinski definition) is 2. The molecule has 0 aromatic heterocycles. The van der Waals surface area contributed by atoms with Crippen molar-refractivity contribution in [1.82, 2.24) is 15.0 Å². The molecular formula is C27H43N3O7. The number of ether oxygens (including phenoxy) is 2. The van der Waals surface area contributed by atoms with E-state index in [1.807, 2.05) is 45.0 Å². The third-order valence-corrected chi connectivity index (χ3v) is 6.34. The highest BCUT2D eigenvalue weighted by Gasteiger charge is 2.37. The topological polar surface area (TPSA) is 120 Å². The Bertz CT molecular complexity index is 896. The Morgan fingerprint density at radius 2 is 1.76 bits per heavy atom. The summed E-state index contributed by atoms with van der Waals surface area (Å²) < 4.78 is 10.8. The molecule has 3 amide bonds. The summed E-state index contributed by atoms with van der Waals surface area (Å²) >= 11 is 0.